The fourth-order valence-corrected chi connectivity index (χ4v) is 3.13. The molecule has 3 aromatic carbocycles. The summed E-state index contributed by atoms with van der Waals surface area (Å²) in [4.78, 5) is 0. The third kappa shape index (κ3) is 3.49. The Kier molecular flexibility index (Phi) is 4.84. The molecular formula is C23H21FN2O2. The highest BCUT2D eigenvalue weighted by molar-refractivity contribution is 5.81. The van der Waals surface area contributed by atoms with Crippen LogP contribution in [-0.2, 0) is 5.60 Å². The second-order valence-corrected chi connectivity index (χ2v) is 6.93. The zero-order chi connectivity index (χ0) is 19.6. The van der Waals surface area contributed by atoms with Crippen molar-refractivity contribution in [2.45, 2.75) is 12.5 Å². The van der Waals surface area contributed by atoms with Crippen molar-refractivity contribution in [2.75, 3.05) is 13.3 Å². The maximum absolute atomic E-state index is 13.8. The highest BCUT2D eigenvalue weighted by Crippen LogP contribution is 2.28. The second-order valence-electron chi connectivity index (χ2n) is 6.93. The quantitative estimate of drug-likeness (QED) is 0.536. The Morgan fingerprint density at radius 3 is 2.50 bits per heavy atom. The lowest BCUT2D eigenvalue weighted by Gasteiger charge is -2.25. The van der Waals surface area contributed by atoms with Gasteiger partial charge in [-0.25, -0.2) is 9.07 Å². The molecular weight excluding hydrogens is 355 g/mol. The molecule has 142 valence electrons. The lowest BCUT2D eigenvalue weighted by molar-refractivity contribution is -0.0289. The number of aryl methyl sites for hydroxylation is 1. The van der Waals surface area contributed by atoms with Crippen LogP contribution in [0.5, 0.6) is 5.75 Å². The summed E-state index contributed by atoms with van der Waals surface area (Å²) in [6.45, 7) is 0.856. The van der Waals surface area contributed by atoms with Crippen LogP contribution in [0.2, 0.25) is 0 Å². The van der Waals surface area contributed by atoms with E-state index in [1.54, 1.807) is 30.5 Å². The Labute approximate surface area is 162 Å². The molecule has 0 fully saturated rings. The van der Waals surface area contributed by atoms with Crippen molar-refractivity contribution in [1.29, 1.82) is 0 Å². The second kappa shape index (κ2) is 7.44. The van der Waals surface area contributed by atoms with Crippen LogP contribution in [0.1, 0.15) is 11.1 Å². The Morgan fingerprint density at radius 2 is 1.79 bits per heavy atom. The number of rotatable bonds is 6. The first kappa shape index (κ1) is 18.2. The van der Waals surface area contributed by atoms with E-state index in [2.05, 4.69) is 5.10 Å². The number of benzene rings is 3. The lowest BCUT2D eigenvalue weighted by Crippen LogP contribution is -2.35. The number of para-hydroxylation sites is 1. The third-order valence-corrected chi connectivity index (χ3v) is 4.83. The van der Waals surface area contributed by atoms with Gasteiger partial charge in [0, 0.05) is 5.39 Å². The average Bonchev–Trinajstić information content (AvgIpc) is 3.17. The largest absolute Gasteiger partial charge is 0.490 e. The predicted molar refractivity (Wildman–Crippen MR) is 108 cm³/mol. The first-order chi connectivity index (χ1) is 13.6. The van der Waals surface area contributed by atoms with Gasteiger partial charge in [-0.15, -0.1) is 0 Å². The fourth-order valence-electron chi connectivity index (χ4n) is 3.13. The summed E-state index contributed by atoms with van der Waals surface area (Å²) >= 11 is 0. The number of aliphatic hydroxyl groups is 1. The van der Waals surface area contributed by atoms with Crippen molar-refractivity contribution in [3.63, 3.8) is 0 Å². The molecule has 0 amide bonds. The van der Waals surface area contributed by atoms with E-state index < -0.39 is 12.3 Å². The monoisotopic (exact) mass is 376 g/mol. The van der Waals surface area contributed by atoms with Crippen LogP contribution < -0.4 is 4.74 Å². The van der Waals surface area contributed by atoms with E-state index in [9.17, 15) is 9.50 Å². The minimum absolute atomic E-state index is 0.176. The van der Waals surface area contributed by atoms with Gasteiger partial charge in [0.15, 0.2) is 5.60 Å². The van der Waals surface area contributed by atoms with Crippen molar-refractivity contribution in [3.05, 3.63) is 90.1 Å². The van der Waals surface area contributed by atoms with E-state index in [0.717, 1.165) is 22.2 Å². The van der Waals surface area contributed by atoms with Crippen LogP contribution in [-0.4, -0.2) is 28.2 Å². The molecule has 1 atom stereocenters. The molecule has 4 nitrogen and oxygen atoms in total. The first-order valence-corrected chi connectivity index (χ1v) is 9.10. The first-order valence-electron chi connectivity index (χ1n) is 9.10. The number of aromatic nitrogens is 2. The number of alkyl halides is 1. The number of hydrogen-bond acceptors (Lipinski definition) is 3. The van der Waals surface area contributed by atoms with Crippen LogP contribution in [0.25, 0.3) is 16.6 Å². The molecule has 0 aliphatic heterocycles. The molecule has 1 unspecified atom stereocenters. The van der Waals surface area contributed by atoms with Crippen LogP contribution >= 0.6 is 0 Å². The normalized spacial score (nSPS) is 13.4. The summed E-state index contributed by atoms with van der Waals surface area (Å²) in [6, 6.07) is 22.5. The van der Waals surface area contributed by atoms with Gasteiger partial charge in [0.2, 0.25) is 0 Å². The van der Waals surface area contributed by atoms with Gasteiger partial charge < -0.3 is 9.84 Å². The standard InChI is InChI=1S/C23H21FN2O2/c1-17-7-10-21(11-8-17)28-16-23(27,15-24)19-9-12-22-18(13-19)14-25-26(22)20-5-3-2-4-6-20/h2-14,27H,15-16H2,1H3. The molecule has 4 rings (SSSR count). The highest BCUT2D eigenvalue weighted by atomic mass is 19.1. The summed E-state index contributed by atoms with van der Waals surface area (Å²) in [7, 11) is 0. The molecule has 4 aromatic rings. The number of nitrogens with zero attached hydrogens (tertiary/aromatic N) is 2. The van der Waals surface area contributed by atoms with Crippen LogP contribution in [0, 0.1) is 6.92 Å². The van der Waals surface area contributed by atoms with E-state index in [4.69, 9.17) is 4.74 Å². The summed E-state index contributed by atoms with van der Waals surface area (Å²) in [5.74, 6) is 0.593. The van der Waals surface area contributed by atoms with Gasteiger partial charge in [-0.3, -0.25) is 0 Å². The summed E-state index contributed by atoms with van der Waals surface area (Å²) in [5, 5.41) is 16.1. The van der Waals surface area contributed by atoms with Gasteiger partial charge in [0.05, 0.1) is 17.4 Å². The number of ether oxygens (including phenoxy) is 1. The third-order valence-electron chi connectivity index (χ3n) is 4.83. The molecule has 1 heterocycles. The molecule has 1 aromatic heterocycles. The van der Waals surface area contributed by atoms with Crippen molar-refractivity contribution in [2.24, 2.45) is 0 Å². The van der Waals surface area contributed by atoms with Gasteiger partial charge >= 0.3 is 0 Å². The topological polar surface area (TPSA) is 47.3 Å². The van der Waals surface area contributed by atoms with Crippen molar-refractivity contribution in [3.8, 4) is 11.4 Å². The van der Waals surface area contributed by atoms with E-state index >= 15 is 0 Å². The Bertz CT molecular complexity index is 1080. The average molecular weight is 376 g/mol. The van der Waals surface area contributed by atoms with Gasteiger partial charge in [0.25, 0.3) is 0 Å². The molecule has 0 radical (unpaired) electrons. The van der Waals surface area contributed by atoms with Gasteiger partial charge in [0.1, 0.15) is 19.0 Å². The van der Waals surface area contributed by atoms with Gasteiger partial charge in [-0.05, 0) is 48.9 Å². The maximum Gasteiger partial charge on any atom is 0.152 e. The van der Waals surface area contributed by atoms with Crippen LogP contribution in [0.3, 0.4) is 0 Å². The van der Waals surface area contributed by atoms with Crippen LogP contribution in [0.15, 0.2) is 79.0 Å². The number of halogens is 1. The Morgan fingerprint density at radius 1 is 1.04 bits per heavy atom. The molecule has 0 spiro atoms. The number of fused-ring (bicyclic) bond motifs is 1. The Balaban J connectivity index is 1.62. The molecule has 28 heavy (non-hydrogen) atoms. The van der Waals surface area contributed by atoms with E-state index in [1.807, 2.05) is 60.1 Å². The summed E-state index contributed by atoms with van der Waals surface area (Å²) < 4.78 is 21.3. The van der Waals surface area contributed by atoms with Crippen molar-refractivity contribution < 1.29 is 14.2 Å². The van der Waals surface area contributed by atoms with E-state index in [0.29, 0.717) is 11.3 Å². The summed E-state index contributed by atoms with van der Waals surface area (Å²) in [5.41, 5.74) is 1.66. The zero-order valence-electron chi connectivity index (χ0n) is 15.5. The molecule has 0 saturated carbocycles. The highest BCUT2D eigenvalue weighted by Gasteiger charge is 2.31. The van der Waals surface area contributed by atoms with E-state index in [-0.39, 0.29) is 6.61 Å². The van der Waals surface area contributed by atoms with Gasteiger partial charge in [-0.2, -0.15) is 5.10 Å². The molecule has 0 saturated heterocycles. The number of hydrogen-bond donors (Lipinski definition) is 1. The minimum Gasteiger partial charge on any atom is -0.490 e. The SMILES string of the molecule is Cc1ccc(OCC(O)(CF)c2ccc3c(cnn3-c3ccccc3)c2)cc1. The molecule has 1 N–H and O–H groups in total. The zero-order valence-corrected chi connectivity index (χ0v) is 15.5. The lowest BCUT2D eigenvalue weighted by atomic mass is 9.95. The molecule has 0 aliphatic carbocycles. The maximum atomic E-state index is 13.8. The molecule has 5 heteroatoms. The summed E-state index contributed by atoms with van der Waals surface area (Å²) in [6.07, 6.45) is 1.71. The fraction of sp³-hybridized carbons (Fsp3) is 0.174. The smallest absolute Gasteiger partial charge is 0.152 e. The van der Waals surface area contributed by atoms with Crippen molar-refractivity contribution >= 4 is 10.9 Å². The predicted octanol–water partition coefficient (Wildman–Crippen LogP) is 4.57. The molecule has 0 aliphatic rings. The van der Waals surface area contributed by atoms with Crippen LogP contribution in [0.4, 0.5) is 4.39 Å². The van der Waals surface area contributed by atoms with Gasteiger partial charge in [-0.1, -0.05) is 42.0 Å². The molecule has 0 bridgehead atoms. The van der Waals surface area contributed by atoms with E-state index in [1.165, 1.54) is 0 Å². The minimum atomic E-state index is -1.73. The Hall–Kier alpha value is -3.18. The van der Waals surface area contributed by atoms with Crippen molar-refractivity contribution in [1.82, 2.24) is 9.78 Å².